The van der Waals surface area contributed by atoms with Gasteiger partial charge in [-0.1, -0.05) is 146 Å². The van der Waals surface area contributed by atoms with E-state index in [0.717, 1.165) is 17.1 Å². The number of fused-ring (bicyclic) bond motifs is 7. The molecule has 1 heteroatoms. The Kier molecular flexibility index (Phi) is 6.54. The minimum atomic E-state index is 1.11. The van der Waals surface area contributed by atoms with E-state index < -0.39 is 0 Å². The normalized spacial score (nSPS) is 11.4. The Hall–Kier alpha value is -6.18. The maximum atomic E-state index is 2.41. The zero-order chi connectivity index (χ0) is 31.2. The van der Waals surface area contributed by atoms with E-state index in [1.807, 2.05) is 0 Å². The molecule has 9 rings (SSSR count). The van der Waals surface area contributed by atoms with Gasteiger partial charge in [-0.25, -0.2) is 0 Å². The lowest BCUT2D eigenvalue weighted by atomic mass is 9.90. The van der Waals surface area contributed by atoms with Gasteiger partial charge in [0.15, 0.2) is 0 Å². The summed E-state index contributed by atoms with van der Waals surface area (Å²) in [6.07, 6.45) is 0. The van der Waals surface area contributed by atoms with Gasteiger partial charge in [0.2, 0.25) is 0 Å². The zero-order valence-corrected chi connectivity index (χ0v) is 25.8. The molecular formula is C46H31N. The van der Waals surface area contributed by atoms with Crippen molar-refractivity contribution in [2.75, 3.05) is 4.90 Å². The van der Waals surface area contributed by atoms with Gasteiger partial charge in [0.25, 0.3) is 0 Å². The molecule has 0 fully saturated rings. The SMILES string of the molecule is c1ccc(-c2cc3c4ccccc4c4ccccc4c3cc2N(c2ccccc2)c2ccc(-c3ccc4ccccc4c3)cc2)cc1. The molecule has 0 saturated carbocycles. The molecule has 47 heavy (non-hydrogen) atoms. The molecule has 1 nitrogen and oxygen atoms in total. The molecule has 0 atom stereocenters. The van der Waals surface area contributed by atoms with Crippen molar-refractivity contribution in [1.29, 1.82) is 0 Å². The highest BCUT2D eigenvalue weighted by Gasteiger charge is 2.20. The average Bonchev–Trinajstić information content (AvgIpc) is 3.16. The van der Waals surface area contributed by atoms with Crippen LogP contribution in [-0.2, 0) is 0 Å². The number of hydrogen-bond acceptors (Lipinski definition) is 1. The molecule has 0 aliphatic carbocycles. The first-order valence-electron chi connectivity index (χ1n) is 16.2. The highest BCUT2D eigenvalue weighted by Crippen LogP contribution is 2.46. The van der Waals surface area contributed by atoms with Crippen LogP contribution in [-0.4, -0.2) is 0 Å². The molecule has 9 aromatic carbocycles. The standard InChI is InChI=1S/C46H31N/c1-3-14-34(15-4-1)43-30-44-41-21-11-9-19-39(41)40-20-10-12-22-42(40)45(44)31-46(43)47(37-17-5-2-6-18-37)38-27-25-33(26-28-38)36-24-23-32-13-7-8-16-35(32)29-36/h1-31H. The van der Waals surface area contributed by atoms with Crippen molar-refractivity contribution in [3.63, 3.8) is 0 Å². The van der Waals surface area contributed by atoms with E-state index in [2.05, 4.69) is 193 Å². The minimum absolute atomic E-state index is 1.11. The first-order valence-corrected chi connectivity index (χ1v) is 16.2. The van der Waals surface area contributed by atoms with Crippen molar-refractivity contribution < 1.29 is 0 Å². The summed E-state index contributed by atoms with van der Waals surface area (Å²) in [4.78, 5) is 2.41. The van der Waals surface area contributed by atoms with Gasteiger partial charge < -0.3 is 4.90 Å². The molecule has 0 heterocycles. The topological polar surface area (TPSA) is 3.24 Å². The van der Waals surface area contributed by atoms with Gasteiger partial charge in [-0.3, -0.25) is 0 Å². The van der Waals surface area contributed by atoms with Crippen LogP contribution in [0.2, 0.25) is 0 Å². The first kappa shape index (κ1) is 27.2. The van der Waals surface area contributed by atoms with Crippen LogP contribution in [0.5, 0.6) is 0 Å². The lowest BCUT2D eigenvalue weighted by molar-refractivity contribution is 1.29. The Labute approximate surface area is 274 Å². The van der Waals surface area contributed by atoms with Crippen LogP contribution in [0, 0.1) is 0 Å². The fourth-order valence-electron chi connectivity index (χ4n) is 7.15. The molecule has 0 aliphatic heterocycles. The van der Waals surface area contributed by atoms with E-state index in [0.29, 0.717) is 0 Å². The third-order valence-electron chi connectivity index (χ3n) is 9.41. The second-order valence-corrected chi connectivity index (χ2v) is 12.2. The van der Waals surface area contributed by atoms with Crippen molar-refractivity contribution in [3.8, 4) is 22.3 Å². The molecule has 0 unspecified atom stereocenters. The number of anilines is 3. The van der Waals surface area contributed by atoms with Gasteiger partial charge in [-0.2, -0.15) is 0 Å². The minimum Gasteiger partial charge on any atom is -0.310 e. The maximum absolute atomic E-state index is 2.41. The van der Waals surface area contributed by atoms with Crippen molar-refractivity contribution in [1.82, 2.24) is 0 Å². The molecule has 9 aromatic rings. The van der Waals surface area contributed by atoms with Crippen LogP contribution in [0.3, 0.4) is 0 Å². The zero-order valence-electron chi connectivity index (χ0n) is 25.8. The predicted octanol–water partition coefficient (Wildman–Crippen LogP) is 13.1. The van der Waals surface area contributed by atoms with E-state index in [1.54, 1.807) is 0 Å². The maximum Gasteiger partial charge on any atom is 0.0546 e. The smallest absolute Gasteiger partial charge is 0.0546 e. The van der Waals surface area contributed by atoms with Crippen molar-refractivity contribution in [3.05, 3.63) is 188 Å². The van der Waals surface area contributed by atoms with Crippen molar-refractivity contribution >= 4 is 60.2 Å². The van der Waals surface area contributed by atoms with E-state index in [1.165, 1.54) is 65.3 Å². The van der Waals surface area contributed by atoms with Crippen molar-refractivity contribution in [2.45, 2.75) is 0 Å². The predicted molar refractivity (Wildman–Crippen MR) is 202 cm³/mol. The summed E-state index contributed by atoms with van der Waals surface area (Å²) in [7, 11) is 0. The number of para-hydroxylation sites is 1. The van der Waals surface area contributed by atoms with Gasteiger partial charge in [0, 0.05) is 16.9 Å². The van der Waals surface area contributed by atoms with Gasteiger partial charge in [-0.05, 0) is 102 Å². The Bertz CT molecular complexity index is 2550. The molecule has 0 bridgehead atoms. The first-order chi connectivity index (χ1) is 23.3. The number of benzene rings is 9. The molecule has 0 spiro atoms. The quantitative estimate of drug-likeness (QED) is 0.178. The third kappa shape index (κ3) is 4.72. The fraction of sp³-hybridized carbons (Fsp3) is 0. The summed E-state index contributed by atoms with van der Waals surface area (Å²) in [6.45, 7) is 0. The molecule has 0 aromatic heterocycles. The molecule has 220 valence electrons. The van der Waals surface area contributed by atoms with Crippen LogP contribution in [0.15, 0.2) is 188 Å². The Morgan fingerprint density at radius 2 is 0.766 bits per heavy atom. The van der Waals surface area contributed by atoms with Crippen molar-refractivity contribution in [2.24, 2.45) is 0 Å². The lowest BCUT2D eigenvalue weighted by Crippen LogP contribution is -2.11. The Morgan fingerprint density at radius 3 is 1.43 bits per heavy atom. The number of nitrogens with zero attached hydrogens (tertiary/aromatic N) is 1. The summed E-state index contributed by atoms with van der Waals surface area (Å²) in [5, 5.41) is 10.1. The van der Waals surface area contributed by atoms with E-state index in [-0.39, 0.29) is 0 Å². The summed E-state index contributed by atoms with van der Waals surface area (Å²) in [6, 6.07) is 68.3. The molecular weight excluding hydrogens is 567 g/mol. The number of hydrogen-bond donors (Lipinski definition) is 0. The summed E-state index contributed by atoms with van der Waals surface area (Å²) < 4.78 is 0. The van der Waals surface area contributed by atoms with Crippen LogP contribution in [0.1, 0.15) is 0 Å². The van der Waals surface area contributed by atoms with Gasteiger partial charge in [-0.15, -0.1) is 0 Å². The Balaban J connectivity index is 1.30. The summed E-state index contributed by atoms with van der Waals surface area (Å²) >= 11 is 0. The van der Waals surface area contributed by atoms with Crippen LogP contribution >= 0.6 is 0 Å². The highest BCUT2D eigenvalue weighted by molar-refractivity contribution is 6.26. The molecule has 0 N–H and O–H groups in total. The average molecular weight is 598 g/mol. The molecule has 0 aliphatic rings. The molecule has 0 amide bonds. The van der Waals surface area contributed by atoms with Gasteiger partial charge >= 0.3 is 0 Å². The van der Waals surface area contributed by atoms with Crippen LogP contribution in [0.25, 0.3) is 65.3 Å². The van der Waals surface area contributed by atoms with E-state index >= 15 is 0 Å². The summed E-state index contributed by atoms with van der Waals surface area (Å²) in [5.41, 5.74) is 8.18. The molecule has 0 saturated heterocycles. The van der Waals surface area contributed by atoms with Crippen LogP contribution in [0.4, 0.5) is 17.1 Å². The number of rotatable bonds is 5. The van der Waals surface area contributed by atoms with E-state index in [9.17, 15) is 0 Å². The van der Waals surface area contributed by atoms with Gasteiger partial charge in [0.05, 0.1) is 5.69 Å². The second kappa shape index (κ2) is 11.3. The third-order valence-corrected chi connectivity index (χ3v) is 9.41. The summed E-state index contributed by atoms with van der Waals surface area (Å²) in [5.74, 6) is 0. The highest BCUT2D eigenvalue weighted by atomic mass is 15.1. The molecule has 0 radical (unpaired) electrons. The monoisotopic (exact) mass is 597 g/mol. The second-order valence-electron chi connectivity index (χ2n) is 12.2. The van der Waals surface area contributed by atoms with E-state index in [4.69, 9.17) is 0 Å². The fourth-order valence-corrected chi connectivity index (χ4v) is 7.15. The largest absolute Gasteiger partial charge is 0.310 e. The van der Waals surface area contributed by atoms with Gasteiger partial charge in [0.1, 0.15) is 0 Å². The lowest BCUT2D eigenvalue weighted by Gasteiger charge is -2.29. The van der Waals surface area contributed by atoms with Crippen LogP contribution < -0.4 is 4.90 Å². The Morgan fingerprint density at radius 1 is 0.277 bits per heavy atom.